The van der Waals surface area contributed by atoms with Gasteiger partial charge in [-0.15, -0.1) is 0 Å². The van der Waals surface area contributed by atoms with Gasteiger partial charge in [-0.25, -0.2) is 0 Å². The molecule has 0 aliphatic rings. The number of furan rings is 2. The third kappa shape index (κ3) is 3.88. The van der Waals surface area contributed by atoms with Gasteiger partial charge < -0.3 is 19.5 Å². The standard InChI is InChI=1S/C30H22N2O4/c1-18-10-13-21(14-11-18)31-30(34)29-28(23-8-4-5-9-24(23)36-29)32-26(33)16-20-17-35-25-15-12-19-6-2-3-7-22(19)27(20)25/h2-15,17H,16H2,1H3,(H,31,34)(H,32,33). The molecular formula is C30H22N2O4. The number of amides is 2. The highest BCUT2D eigenvalue weighted by atomic mass is 16.3. The highest BCUT2D eigenvalue weighted by molar-refractivity contribution is 6.15. The second-order valence-electron chi connectivity index (χ2n) is 8.77. The number of hydrogen-bond acceptors (Lipinski definition) is 4. The lowest BCUT2D eigenvalue weighted by Crippen LogP contribution is -2.18. The van der Waals surface area contributed by atoms with E-state index in [2.05, 4.69) is 10.6 Å². The molecule has 0 bridgehead atoms. The Hall–Kier alpha value is -4.84. The number of hydrogen-bond donors (Lipinski definition) is 2. The van der Waals surface area contributed by atoms with Crippen molar-refractivity contribution in [1.82, 2.24) is 0 Å². The van der Waals surface area contributed by atoms with Crippen LogP contribution < -0.4 is 10.6 Å². The summed E-state index contributed by atoms with van der Waals surface area (Å²) >= 11 is 0. The minimum absolute atomic E-state index is 0.0487. The maximum Gasteiger partial charge on any atom is 0.293 e. The summed E-state index contributed by atoms with van der Waals surface area (Å²) in [5.74, 6) is -0.667. The molecule has 0 spiro atoms. The summed E-state index contributed by atoms with van der Waals surface area (Å²) in [6.45, 7) is 1.98. The van der Waals surface area contributed by atoms with Gasteiger partial charge in [0.25, 0.3) is 5.91 Å². The van der Waals surface area contributed by atoms with Crippen molar-refractivity contribution in [3.63, 3.8) is 0 Å². The second kappa shape index (κ2) is 8.74. The molecule has 0 saturated heterocycles. The predicted octanol–water partition coefficient (Wildman–Crippen LogP) is 7.07. The molecule has 0 radical (unpaired) electrons. The number of rotatable bonds is 5. The summed E-state index contributed by atoms with van der Waals surface area (Å²) in [6.07, 6.45) is 1.70. The summed E-state index contributed by atoms with van der Waals surface area (Å²) in [6, 6.07) is 26.6. The number of anilines is 2. The fraction of sp³-hybridized carbons (Fsp3) is 0.0667. The highest BCUT2D eigenvalue weighted by Crippen LogP contribution is 2.33. The molecule has 0 saturated carbocycles. The van der Waals surface area contributed by atoms with Gasteiger partial charge in [0.05, 0.1) is 12.7 Å². The van der Waals surface area contributed by atoms with Crippen LogP contribution >= 0.6 is 0 Å². The SMILES string of the molecule is Cc1ccc(NC(=O)c2oc3ccccc3c2NC(=O)Cc2coc3ccc4ccccc4c23)cc1. The third-order valence-electron chi connectivity index (χ3n) is 6.27. The maximum atomic E-state index is 13.2. The van der Waals surface area contributed by atoms with Crippen LogP contribution in [0, 0.1) is 6.92 Å². The zero-order valence-corrected chi connectivity index (χ0v) is 19.5. The van der Waals surface area contributed by atoms with Crippen LogP contribution in [-0.2, 0) is 11.2 Å². The van der Waals surface area contributed by atoms with E-state index in [-0.39, 0.29) is 18.1 Å². The number of nitrogens with one attached hydrogen (secondary N) is 2. The molecule has 176 valence electrons. The fourth-order valence-electron chi connectivity index (χ4n) is 4.52. The number of carbonyl (C=O) groups excluding carboxylic acids is 2. The fourth-order valence-corrected chi connectivity index (χ4v) is 4.52. The molecule has 2 aromatic heterocycles. The highest BCUT2D eigenvalue weighted by Gasteiger charge is 2.23. The quantitative estimate of drug-likeness (QED) is 0.280. The average Bonchev–Trinajstić information content (AvgIpc) is 3.47. The van der Waals surface area contributed by atoms with Crippen LogP contribution in [-0.4, -0.2) is 11.8 Å². The molecule has 6 nitrogen and oxygen atoms in total. The van der Waals surface area contributed by atoms with E-state index in [4.69, 9.17) is 8.83 Å². The Kier molecular flexibility index (Phi) is 5.26. The van der Waals surface area contributed by atoms with Crippen molar-refractivity contribution in [1.29, 1.82) is 0 Å². The van der Waals surface area contributed by atoms with Crippen molar-refractivity contribution < 1.29 is 18.4 Å². The molecule has 0 atom stereocenters. The number of benzene rings is 4. The molecule has 2 heterocycles. The Labute approximate surface area is 206 Å². The van der Waals surface area contributed by atoms with E-state index in [1.54, 1.807) is 12.3 Å². The van der Waals surface area contributed by atoms with Gasteiger partial charge in [-0.1, -0.05) is 60.2 Å². The van der Waals surface area contributed by atoms with E-state index in [0.29, 0.717) is 22.3 Å². The maximum absolute atomic E-state index is 13.2. The van der Waals surface area contributed by atoms with Crippen LogP contribution in [0.3, 0.4) is 0 Å². The van der Waals surface area contributed by atoms with Crippen molar-refractivity contribution in [3.8, 4) is 0 Å². The summed E-state index contributed by atoms with van der Waals surface area (Å²) in [4.78, 5) is 26.4. The minimum Gasteiger partial charge on any atom is -0.464 e. The zero-order chi connectivity index (χ0) is 24.6. The Bertz CT molecular complexity index is 1760. The molecule has 6 heteroatoms. The number of carbonyl (C=O) groups is 2. The molecule has 0 fully saturated rings. The Morgan fingerprint density at radius 3 is 2.36 bits per heavy atom. The van der Waals surface area contributed by atoms with E-state index in [0.717, 1.165) is 32.9 Å². The van der Waals surface area contributed by atoms with E-state index >= 15 is 0 Å². The van der Waals surface area contributed by atoms with E-state index in [1.165, 1.54) is 0 Å². The van der Waals surface area contributed by atoms with Crippen molar-refractivity contribution in [3.05, 3.63) is 108 Å². The van der Waals surface area contributed by atoms with Gasteiger partial charge in [0.15, 0.2) is 0 Å². The number of aryl methyl sites for hydroxylation is 1. The average molecular weight is 475 g/mol. The molecular weight excluding hydrogens is 452 g/mol. The van der Waals surface area contributed by atoms with Crippen LogP contribution in [0.4, 0.5) is 11.4 Å². The van der Waals surface area contributed by atoms with Gasteiger partial charge in [0, 0.05) is 22.0 Å². The topological polar surface area (TPSA) is 84.5 Å². The summed E-state index contributed by atoms with van der Waals surface area (Å²) < 4.78 is 11.6. The second-order valence-corrected chi connectivity index (χ2v) is 8.77. The zero-order valence-electron chi connectivity index (χ0n) is 19.5. The monoisotopic (exact) mass is 474 g/mol. The smallest absolute Gasteiger partial charge is 0.293 e. The van der Waals surface area contributed by atoms with Crippen molar-refractivity contribution in [2.75, 3.05) is 10.6 Å². The molecule has 6 aromatic rings. The summed E-state index contributed by atoms with van der Waals surface area (Å²) in [7, 11) is 0. The molecule has 6 rings (SSSR count). The molecule has 2 N–H and O–H groups in total. The lowest BCUT2D eigenvalue weighted by molar-refractivity contribution is -0.115. The first kappa shape index (κ1) is 21.7. The van der Waals surface area contributed by atoms with E-state index in [1.807, 2.05) is 85.8 Å². The Morgan fingerprint density at radius 1 is 0.778 bits per heavy atom. The summed E-state index contributed by atoms with van der Waals surface area (Å²) in [5, 5.41) is 9.45. The molecule has 0 unspecified atom stereocenters. The van der Waals surface area contributed by atoms with Crippen molar-refractivity contribution in [2.45, 2.75) is 13.3 Å². The van der Waals surface area contributed by atoms with Crippen molar-refractivity contribution >= 4 is 55.9 Å². The summed E-state index contributed by atoms with van der Waals surface area (Å²) in [5.41, 5.74) is 4.09. The molecule has 2 amide bonds. The normalized spacial score (nSPS) is 11.2. The van der Waals surface area contributed by atoms with Crippen molar-refractivity contribution in [2.24, 2.45) is 0 Å². The third-order valence-corrected chi connectivity index (χ3v) is 6.27. The Balaban J connectivity index is 1.32. The lowest BCUT2D eigenvalue weighted by atomic mass is 10.0. The number of para-hydroxylation sites is 1. The molecule has 36 heavy (non-hydrogen) atoms. The van der Waals surface area contributed by atoms with Crippen LogP contribution in [0.5, 0.6) is 0 Å². The minimum atomic E-state index is -0.440. The largest absolute Gasteiger partial charge is 0.464 e. The van der Waals surface area contributed by atoms with Gasteiger partial charge >= 0.3 is 0 Å². The molecule has 0 aliphatic heterocycles. The van der Waals surface area contributed by atoms with Crippen LogP contribution in [0.25, 0.3) is 32.7 Å². The van der Waals surface area contributed by atoms with Gasteiger partial charge in [-0.05, 0) is 48.0 Å². The molecule has 4 aromatic carbocycles. The first-order valence-corrected chi connectivity index (χ1v) is 11.6. The predicted molar refractivity (Wildman–Crippen MR) is 141 cm³/mol. The van der Waals surface area contributed by atoms with Crippen LogP contribution in [0.2, 0.25) is 0 Å². The molecule has 0 aliphatic carbocycles. The van der Waals surface area contributed by atoms with Crippen LogP contribution in [0.15, 0.2) is 100 Å². The Morgan fingerprint density at radius 2 is 1.53 bits per heavy atom. The van der Waals surface area contributed by atoms with Gasteiger partial charge in [0.1, 0.15) is 16.9 Å². The first-order valence-electron chi connectivity index (χ1n) is 11.6. The lowest BCUT2D eigenvalue weighted by Gasteiger charge is -2.08. The van der Waals surface area contributed by atoms with E-state index < -0.39 is 5.91 Å². The van der Waals surface area contributed by atoms with Gasteiger partial charge in [-0.2, -0.15) is 0 Å². The van der Waals surface area contributed by atoms with E-state index in [9.17, 15) is 9.59 Å². The van der Waals surface area contributed by atoms with Crippen LogP contribution in [0.1, 0.15) is 21.7 Å². The van der Waals surface area contributed by atoms with Gasteiger partial charge in [0.2, 0.25) is 11.7 Å². The number of fused-ring (bicyclic) bond motifs is 4. The first-order chi connectivity index (χ1) is 17.6. The van der Waals surface area contributed by atoms with Gasteiger partial charge in [-0.3, -0.25) is 9.59 Å².